The fourth-order valence-corrected chi connectivity index (χ4v) is 2.26. The summed E-state index contributed by atoms with van der Waals surface area (Å²) in [4.78, 5) is 3.99. The van der Waals surface area contributed by atoms with E-state index in [1.807, 2.05) is 50.2 Å². The minimum absolute atomic E-state index is 0.185. The Labute approximate surface area is 136 Å². The second-order valence-electron chi connectivity index (χ2n) is 5.89. The van der Waals surface area contributed by atoms with Gasteiger partial charge in [-0.1, -0.05) is 44.7 Å². The molecule has 2 atom stereocenters. The lowest BCUT2D eigenvalue weighted by Gasteiger charge is -2.25. The first-order valence-corrected chi connectivity index (χ1v) is 7.72. The third kappa shape index (κ3) is 4.39. The van der Waals surface area contributed by atoms with Gasteiger partial charge in [0.25, 0.3) is 0 Å². The van der Waals surface area contributed by atoms with Crippen molar-refractivity contribution in [3.05, 3.63) is 66.6 Å². The zero-order valence-corrected chi connectivity index (χ0v) is 13.5. The molecular weight excluding hydrogens is 291 g/mol. The fourth-order valence-electron chi connectivity index (χ4n) is 2.26. The number of aliphatic hydroxyl groups excluding tert-OH is 1. The van der Waals surface area contributed by atoms with Crippen molar-refractivity contribution < 1.29 is 9.50 Å². The average molecular weight is 314 g/mol. The standard InChI is InChI=1S/C19H23FN2O/c1-13(2)14(3)22-18(12-20)19(23)17-6-4-15(5-7-17)16-8-10-21-11-9-16/h4-11,13,18-19,22-23H,3,12H2,1-2H3. The molecule has 2 N–H and O–H groups in total. The number of nitrogens with one attached hydrogen (secondary N) is 1. The van der Waals surface area contributed by atoms with Crippen LogP contribution in [0.15, 0.2) is 61.1 Å². The number of allylic oxidation sites excluding steroid dienone is 1. The van der Waals surface area contributed by atoms with Crippen LogP contribution >= 0.6 is 0 Å². The van der Waals surface area contributed by atoms with Crippen LogP contribution in [0.3, 0.4) is 0 Å². The van der Waals surface area contributed by atoms with E-state index in [9.17, 15) is 9.50 Å². The molecule has 3 nitrogen and oxygen atoms in total. The molecule has 0 aliphatic carbocycles. The lowest BCUT2D eigenvalue weighted by Crippen LogP contribution is -2.37. The first-order valence-electron chi connectivity index (χ1n) is 7.72. The van der Waals surface area contributed by atoms with Crippen molar-refractivity contribution in [1.82, 2.24) is 10.3 Å². The van der Waals surface area contributed by atoms with E-state index in [2.05, 4.69) is 16.9 Å². The van der Waals surface area contributed by atoms with Gasteiger partial charge in [0, 0.05) is 18.1 Å². The summed E-state index contributed by atoms with van der Waals surface area (Å²) in [5.74, 6) is 0.185. The van der Waals surface area contributed by atoms with Gasteiger partial charge in [0.15, 0.2) is 0 Å². The van der Waals surface area contributed by atoms with Crippen LogP contribution in [0.25, 0.3) is 11.1 Å². The van der Waals surface area contributed by atoms with Gasteiger partial charge in [-0.15, -0.1) is 0 Å². The van der Waals surface area contributed by atoms with Crippen molar-refractivity contribution >= 4 is 0 Å². The van der Waals surface area contributed by atoms with E-state index in [4.69, 9.17) is 0 Å². The van der Waals surface area contributed by atoms with E-state index < -0.39 is 18.8 Å². The van der Waals surface area contributed by atoms with Crippen LogP contribution in [0.2, 0.25) is 0 Å². The van der Waals surface area contributed by atoms with E-state index in [0.717, 1.165) is 16.8 Å². The van der Waals surface area contributed by atoms with Gasteiger partial charge in [-0.25, -0.2) is 4.39 Å². The second kappa shape index (κ2) is 7.88. The molecule has 23 heavy (non-hydrogen) atoms. The Morgan fingerprint density at radius 3 is 2.22 bits per heavy atom. The molecule has 0 radical (unpaired) electrons. The number of alkyl halides is 1. The van der Waals surface area contributed by atoms with E-state index in [-0.39, 0.29) is 5.92 Å². The van der Waals surface area contributed by atoms with Gasteiger partial charge >= 0.3 is 0 Å². The van der Waals surface area contributed by atoms with Crippen molar-refractivity contribution in [2.75, 3.05) is 6.67 Å². The number of halogens is 1. The molecule has 0 amide bonds. The van der Waals surface area contributed by atoms with Crippen LogP contribution in [-0.4, -0.2) is 22.8 Å². The zero-order valence-electron chi connectivity index (χ0n) is 13.5. The van der Waals surface area contributed by atoms with E-state index in [1.54, 1.807) is 12.4 Å². The minimum Gasteiger partial charge on any atom is -0.386 e. The molecule has 0 spiro atoms. The Balaban J connectivity index is 2.12. The number of benzene rings is 1. The van der Waals surface area contributed by atoms with Gasteiger partial charge < -0.3 is 10.4 Å². The molecule has 0 aliphatic heterocycles. The Morgan fingerprint density at radius 1 is 1.13 bits per heavy atom. The summed E-state index contributed by atoms with van der Waals surface area (Å²) in [5.41, 5.74) is 3.48. The monoisotopic (exact) mass is 314 g/mol. The van der Waals surface area contributed by atoms with Crippen molar-refractivity contribution in [2.45, 2.75) is 26.0 Å². The van der Waals surface area contributed by atoms with Crippen LogP contribution in [0.5, 0.6) is 0 Å². The molecule has 4 heteroatoms. The molecule has 0 fully saturated rings. The molecule has 0 saturated heterocycles. The number of aliphatic hydroxyl groups is 1. The number of pyridine rings is 1. The summed E-state index contributed by atoms with van der Waals surface area (Å²) >= 11 is 0. The maximum Gasteiger partial charge on any atom is 0.112 e. The van der Waals surface area contributed by atoms with Gasteiger partial charge in [-0.2, -0.15) is 0 Å². The van der Waals surface area contributed by atoms with Crippen LogP contribution in [0, 0.1) is 5.92 Å². The van der Waals surface area contributed by atoms with Crippen molar-refractivity contribution in [1.29, 1.82) is 0 Å². The van der Waals surface area contributed by atoms with Gasteiger partial charge in [0.2, 0.25) is 0 Å². The zero-order chi connectivity index (χ0) is 16.8. The molecule has 122 valence electrons. The predicted molar refractivity (Wildman–Crippen MR) is 91.5 cm³/mol. The third-order valence-electron chi connectivity index (χ3n) is 3.88. The molecule has 1 heterocycles. The van der Waals surface area contributed by atoms with Gasteiger partial charge in [0.1, 0.15) is 12.8 Å². The van der Waals surface area contributed by atoms with E-state index in [0.29, 0.717) is 5.56 Å². The molecular formula is C19H23FN2O. The van der Waals surface area contributed by atoms with Crippen molar-refractivity contribution in [3.63, 3.8) is 0 Å². The SMILES string of the molecule is C=C(NC(CF)C(O)c1ccc(-c2ccncc2)cc1)C(C)C. The molecule has 0 bridgehead atoms. The van der Waals surface area contributed by atoms with E-state index >= 15 is 0 Å². The summed E-state index contributed by atoms with van der Waals surface area (Å²) in [5, 5.41) is 13.4. The Morgan fingerprint density at radius 2 is 1.70 bits per heavy atom. The summed E-state index contributed by atoms with van der Waals surface area (Å²) in [7, 11) is 0. The Hall–Kier alpha value is -2.20. The smallest absolute Gasteiger partial charge is 0.112 e. The highest BCUT2D eigenvalue weighted by atomic mass is 19.1. The van der Waals surface area contributed by atoms with Crippen LogP contribution in [0.4, 0.5) is 4.39 Å². The summed E-state index contributed by atoms with van der Waals surface area (Å²) in [6.07, 6.45) is 2.54. The van der Waals surface area contributed by atoms with Gasteiger partial charge in [-0.05, 0) is 34.7 Å². The molecule has 1 aromatic carbocycles. The molecule has 2 unspecified atom stereocenters. The summed E-state index contributed by atoms with van der Waals surface area (Å²) in [6, 6.07) is 10.6. The highest BCUT2D eigenvalue weighted by Gasteiger charge is 2.21. The fraction of sp³-hybridized carbons (Fsp3) is 0.316. The number of hydrogen-bond acceptors (Lipinski definition) is 3. The van der Waals surface area contributed by atoms with Gasteiger partial charge in [0.05, 0.1) is 6.04 Å². The van der Waals surface area contributed by atoms with Crippen molar-refractivity contribution in [3.8, 4) is 11.1 Å². The minimum atomic E-state index is -0.929. The maximum absolute atomic E-state index is 13.3. The third-order valence-corrected chi connectivity index (χ3v) is 3.88. The Kier molecular flexibility index (Phi) is 5.88. The number of hydrogen-bond donors (Lipinski definition) is 2. The molecule has 2 rings (SSSR count). The van der Waals surface area contributed by atoms with E-state index in [1.165, 1.54) is 0 Å². The van der Waals surface area contributed by atoms with Gasteiger partial charge in [-0.3, -0.25) is 4.98 Å². The summed E-state index contributed by atoms with van der Waals surface area (Å²) in [6.45, 7) is 7.15. The lowest BCUT2D eigenvalue weighted by atomic mass is 9.98. The highest BCUT2D eigenvalue weighted by molar-refractivity contribution is 5.62. The first-order chi connectivity index (χ1) is 11.0. The number of aromatic nitrogens is 1. The van der Waals surface area contributed by atoms with Crippen molar-refractivity contribution in [2.24, 2.45) is 5.92 Å². The Bertz CT molecular complexity index is 626. The molecule has 0 saturated carbocycles. The van der Waals surface area contributed by atoms with Crippen LogP contribution in [-0.2, 0) is 0 Å². The van der Waals surface area contributed by atoms with Crippen LogP contribution < -0.4 is 5.32 Å². The molecule has 1 aromatic heterocycles. The lowest BCUT2D eigenvalue weighted by molar-refractivity contribution is 0.117. The topological polar surface area (TPSA) is 45.1 Å². The predicted octanol–water partition coefficient (Wildman–Crippen LogP) is 3.88. The first kappa shape index (κ1) is 17.2. The summed E-state index contributed by atoms with van der Waals surface area (Å²) < 4.78 is 13.3. The quantitative estimate of drug-likeness (QED) is 0.815. The highest BCUT2D eigenvalue weighted by Crippen LogP contribution is 2.24. The molecule has 2 aromatic rings. The normalized spacial score (nSPS) is 13.6. The number of nitrogens with zero attached hydrogens (tertiary/aromatic N) is 1. The van der Waals surface area contributed by atoms with Crippen LogP contribution in [0.1, 0.15) is 25.5 Å². The largest absolute Gasteiger partial charge is 0.386 e. The second-order valence-corrected chi connectivity index (χ2v) is 5.89. The average Bonchev–Trinajstić information content (AvgIpc) is 2.59. The maximum atomic E-state index is 13.3. The number of rotatable bonds is 7. The molecule has 0 aliphatic rings.